The monoisotopic (exact) mass is 233 g/mol. The number of likely N-dealkylation sites (N-methyl/N-ethyl adjacent to an activating group) is 1. The number of fused-ring (bicyclic) bond motifs is 2. The van der Waals surface area contributed by atoms with Gasteiger partial charge < -0.3 is 20.6 Å². The topological polar surface area (TPSA) is 64.6 Å². The zero-order valence-electron chi connectivity index (χ0n) is 9.60. The lowest BCUT2D eigenvalue weighted by molar-refractivity contribution is -0.119. The number of nitrogens with zero attached hydrogens (tertiary/aromatic N) is 1. The molecule has 2 aliphatic rings. The first-order chi connectivity index (χ1) is 8.16. The Hall–Kier alpha value is -1.75. The second-order valence-corrected chi connectivity index (χ2v) is 4.63. The van der Waals surface area contributed by atoms with Crippen molar-refractivity contribution in [2.24, 2.45) is 5.92 Å². The van der Waals surface area contributed by atoms with Gasteiger partial charge in [-0.15, -0.1) is 0 Å². The molecule has 1 fully saturated rings. The molecule has 0 aromatic heterocycles. The third-order valence-corrected chi connectivity index (χ3v) is 3.64. The summed E-state index contributed by atoms with van der Waals surface area (Å²) in [6, 6.07) is 5.17. The van der Waals surface area contributed by atoms with Gasteiger partial charge in [0.05, 0.1) is 23.3 Å². The van der Waals surface area contributed by atoms with Crippen LogP contribution in [0, 0.1) is 5.92 Å². The Morgan fingerprint density at radius 2 is 2.24 bits per heavy atom. The standard InChI is InChI=1S/C12H15N3O2/c1-15-10-4-7(16)2-3-9(10)14-12(17)8-5-13-6-11(8)15/h2-4,8,11,13,16H,5-6H2,1H3,(H,14,17). The van der Waals surface area contributed by atoms with Crippen molar-refractivity contribution < 1.29 is 9.90 Å². The minimum Gasteiger partial charge on any atom is -0.508 e. The minimum absolute atomic E-state index is 0.0328. The van der Waals surface area contributed by atoms with Crippen LogP contribution in [0.25, 0.3) is 0 Å². The maximum atomic E-state index is 12.0. The Balaban J connectivity index is 2.09. The fraction of sp³-hybridized carbons (Fsp3) is 0.417. The van der Waals surface area contributed by atoms with E-state index < -0.39 is 0 Å². The number of phenols is 1. The Morgan fingerprint density at radius 1 is 1.41 bits per heavy atom. The van der Waals surface area contributed by atoms with Crippen LogP contribution in [0.4, 0.5) is 11.4 Å². The highest BCUT2D eigenvalue weighted by Crippen LogP contribution is 2.35. The molecule has 0 spiro atoms. The highest BCUT2D eigenvalue weighted by molar-refractivity contribution is 5.98. The van der Waals surface area contributed by atoms with Gasteiger partial charge in [-0.1, -0.05) is 0 Å². The van der Waals surface area contributed by atoms with Gasteiger partial charge >= 0.3 is 0 Å². The number of rotatable bonds is 0. The number of anilines is 2. The van der Waals surface area contributed by atoms with Gasteiger partial charge in [0.25, 0.3) is 0 Å². The van der Waals surface area contributed by atoms with Crippen molar-refractivity contribution >= 4 is 17.3 Å². The van der Waals surface area contributed by atoms with Crippen molar-refractivity contribution in [1.82, 2.24) is 5.32 Å². The second kappa shape index (κ2) is 3.63. The van der Waals surface area contributed by atoms with Gasteiger partial charge in [0.2, 0.25) is 5.91 Å². The summed E-state index contributed by atoms with van der Waals surface area (Å²) in [5.74, 6) is 0.236. The molecular weight excluding hydrogens is 218 g/mol. The fourth-order valence-corrected chi connectivity index (χ4v) is 2.66. The maximum absolute atomic E-state index is 12.0. The molecule has 0 saturated carbocycles. The van der Waals surface area contributed by atoms with Crippen molar-refractivity contribution in [3.8, 4) is 5.75 Å². The van der Waals surface area contributed by atoms with Gasteiger partial charge in [-0.3, -0.25) is 4.79 Å². The second-order valence-electron chi connectivity index (χ2n) is 4.63. The van der Waals surface area contributed by atoms with E-state index in [4.69, 9.17) is 0 Å². The molecule has 5 heteroatoms. The third kappa shape index (κ3) is 1.54. The molecule has 17 heavy (non-hydrogen) atoms. The number of hydrogen-bond donors (Lipinski definition) is 3. The first kappa shape index (κ1) is 10.4. The Morgan fingerprint density at radius 3 is 3.06 bits per heavy atom. The van der Waals surface area contributed by atoms with Crippen molar-refractivity contribution in [3.05, 3.63) is 18.2 Å². The molecule has 0 bridgehead atoms. The summed E-state index contributed by atoms with van der Waals surface area (Å²) in [5.41, 5.74) is 1.64. The summed E-state index contributed by atoms with van der Waals surface area (Å²) in [6.07, 6.45) is 0. The molecule has 2 heterocycles. The van der Waals surface area contributed by atoms with Gasteiger partial charge in [-0.2, -0.15) is 0 Å². The van der Waals surface area contributed by atoms with Gasteiger partial charge in [-0.25, -0.2) is 0 Å². The number of hydrogen-bond acceptors (Lipinski definition) is 4. The first-order valence-electron chi connectivity index (χ1n) is 5.74. The number of carbonyl (C=O) groups is 1. The van der Waals surface area contributed by atoms with E-state index in [1.807, 2.05) is 7.05 Å². The summed E-state index contributed by atoms with van der Waals surface area (Å²) in [5, 5.41) is 15.7. The number of aromatic hydroxyl groups is 1. The molecule has 90 valence electrons. The lowest BCUT2D eigenvalue weighted by Crippen LogP contribution is -2.40. The van der Waals surface area contributed by atoms with Gasteiger partial charge in [0.15, 0.2) is 0 Å². The number of amides is 1. The normalized spacial score (nSPS) is 27.1. The molecule has 3 N–H and O–H groups in total. The van der Waals surface area contributed by atoms with Crippen LogP contribution in [0.2, 0.25) is 0 Å². The van der Waals surface area contributed by atoms with Gasteiger partial charge in [0, 0.05) is 26.2 Å². The van der Waals surface area contributed by atoms with Crippen LogP contribution in [-0.2, 0) is 4.79 Å². The molecule has 5 nitrogen and oxygen atoms in total. The Labute approximate surface area is 99.4 Å². The Kier molecular flexibility index (Phi) is 2.22. The SMILES string of the molecule is CN1c2cc(O)ccc2NC(=O)C2CNCC21. The molecule has 2 unspecified atom stereocenters. The molecule has 2 aliphatic heterocycles. The predicted molar refractivity (Wildman–Crippen MR) is 65.3 cm³/mol. The van der Waals surface area contributed by atoms with Crippen LogP contribution in [0.5, 0.6) is 5.75 Å². The average molecular weight is 233 g/mol. The molecular formula is C12H15N3O2. The summed E-state index contributed by atoms with van der Waals surface area (Å²) >= 11 is 0. The van der Waals surface area contributed by atoms with Crippen molar-refractivity contribution in [1.29, 1.82) is 0 Å². The third-order valence-electron chi connectivity index (χ3n) is 3.64. The van der Waals surface area contributed by atoms with Gasteiger partial charge in [0.1, 0.15) is 5.75 Å². The molecule has 0 aliphatic carbocycles. The van der Waals surface area contributed by atoms with Crippen molar-refractivity contribution in [3.63, 3.8) is 0 Å². The first-order valence-corrected chi connectivity index (χ1v) is 5.74. The van der Waals surface area contributed by atoms with Crippen molar-refractivity contribution in [2.45, 2.75) is 6.04 Å². The maximum Gasteiger partial charge on any atom is 0.230 e. The summed E-state index contributed by atoms with van der Waals surface area (Å²) in [6.45, 7) is 1.50. The van der Waals surface area contributed by atoms with Crippen LogP contribution in [0.1, 0.15) is 0 Å². The predicted octanol–water partition coefficient (Wildman–Crippen LogP) is 0.368. The van der Waals surface area contributed by atoms with Crippen LogP contribution < -0.4 is 15.5 Å². The van der Waals surface area contributed by atoms with Crippen LogP contribution in [-0.4, -0.2) is 37.2 Å². The average Bonchev–Trinajstić information content (AvgIpc) is 2.76. The highest BCUT2D eigenvalue weighted by Gasteiger charge is 2.38. The Bertz CT molecular complexity index is 475. The largest absolute Gasteiger partial charge is 0.508 e. The summed E-state index contributed by atoms with van der Waals surface area (Å²) < 4.78 is 0. The molecule has 1 amide bonds. The van der Waals surface area contributed by atoms with E-state index in [9.17, 15) is 9.90 Å². The van der Waals surface area contributed by atoms with E-state index >= 15 is 0 Å². The van der Waals surface area contributed by atoms with E-state index in [2.05, 4.69) is 15.5 Å². The molecule has 1 aromatic carbocycles. The van der Waals surface area contributed by atoms with Crippen LogP contribution >= 0.6 is 0 Å². The molecule has 0 radical (unpaired) electrons. The summed E-state index contributed by atoms with van der Waals surface area (Å²) in [4.78, 5) is 14.1. The smallest absolute Gasteiger partial charge is 0.230 e. The van der Waals surface area contributed by atoms with Crippen molar-refractivity contribution in [2.75, 3.05) is 30.4 Å². The lowest BCUT2D eigenvalue weighted by Gasteiger charge is -2.27. The van der Waals surface area contributed by atoms with E-state index in [0.717, 1.165) is 17.9 Å². The highest BCUT2D eigenvalue weighted by atomic mass is 16.3. The molecule has 1 aromatic rings. The zero-order chi connectivity index (χ0) is 12.0. The van der Waals surface area contributed by atoms with E-state index in [0.29, 0.717) is 6.54 Å². The molecule has 2 atom stereocenters. The van der Waals surface area contributed by atoms with E-state index in [1.165, 1.54) is 0 Å². The molecule has 1 saturated heterocycles. The van der Waals surface area contributed by atoms with Crippen LogP contribution in [0.15, 0.2) is 18.2 Å². The van der Waals surface area contributed by atoms with Crippen LogP contribution in [0.3, 0.4) is 0 Å². The summed E-state index contributed by atoms with van der Waals surface area (Å²) in [7, 11) is 1.96. The number of carbonyl (C=O) groups excluding carboxylic acids is 1. The zero-order valence-corrected chi connectivity index (χ0v) is 9.60. The lowest BCUT2D eigenvalue weighted by atomic mass is 10.0. The quantitative estimate of drug-likeness (QED) is 0.566. The van der Waals surface area contributed by atoms with E-state index in [-0.39, 0.29) is 23.6 Å². The number of benzene rings is 1. The molecule has 3 rings (SSSR count). The minimum atomic E-state index is -0.0328. The number of phenolic OH excluding ortho intramolecular Hbond substituents is 1. The van der Waals surface area contributed by atoms with E-state index in [1.54, 1.807) is 18.2 Å². The fourth-order valence-electron chi connectivity index (χ4n) is 2.66. The van der Waals surface area contributed by atoms with Gasteiger partial charge in [-0.05, 0) is 12.1 Å². The number of nitrogens with one attached hydrogen (secondary N) is 2.